The number of nitrogens with zero attached hydrogens (tertiary/aromatic N) is 1. The molecule has 2 aromatic rings. The van der Waals surface area contributed by atoms with Crippen LogP contribution < -0.4 is 5.32 Å². The van der Waals surface area contributed by atoms with Crippen LogP contribution in [0.3, 0.4) is 0 Å². The van der Waals surface area contributed by atoms with Crippen molar-refractivity contribution in [3.05, 3.63) is 71.8 Å². The second kappa shape index (κ2) is 9.94. The molecule has 31 heavy (non-hydrogen) atoms. The summed E-state index contributed by atoms with van der Waals surface area (Å²) in [5.41, 5.74) is 0.915. The van der Waals surface area contributed by atoms with Crippen LogP contribution in [-0.4, -0.2) is 52.9 Å². The number of likely N-dealkylation sites (tertiary alicyclic amines) is 1. The van der Waals surface area contributed by atoms with Crippen molar-refractivity contribution in [1.29, 1.82) is 0 Å². The molecular formula is C24H30N2O5. The van der Waals surface area contributed by atoms with Crippen molar-refractivity contribution < 1.29 is 24.2 Å². The zero-order valence-electron chi connectivity index (χ0n) is 18.2. The predicted molar refractivity (Wildman–Crippen MR) is 116 cm³/mol. The molecule has 7 heteroatoms. The average molecular weight is 427 g/mol. The van der Waals surface area contributed by atoms with Crippen LogP contribution in [0.4, 0.5) is 4.79 Å². The molecule has 3 atom stereocenters. The molecule has 3 unspecified atom stereocenters. The van der Waals surface area contributed by atoms with Crippen molar-refractivity contribution in [3.8, 4) is 0 Å². The highest BCUT2D eigenvalue weighted by atomic mass is 16.6. The van der Waals surface area contributed by atoms with Gasteiger partial charge in [-0.25, -0.2) is 9.59 Å². The van der Waals surface area contributed by atoms with Crippen LogP contribution in [0.5, 0.6) is 0 Å². The van der Waals surface area contributed by atoms with Gasteiger partial charge in [-0.15, -0.1) is 0 Å². The summed E-state index contributed by atoms with van der Waals surface area (Å²) < 4.78 is 11.1. The average Bonchev–Trinajstić information content (AvgIpc) is 3.14. The highest BCUT2D eigenvalue weighted by Crippen LogP contribution is 2.21. The number of hydrogen-bond donors (Lipinski definition) is 2. The fourth-order valence-corrected chi connectivity index (χ4v) is 3.39. The Labute approximate surface area is 183 Å². The topological polar surface area (TPSA) is 88.1 Å². The first-order valence-corrected chi connectivity index (χ1v) is 10.4. The van der Waals surface area contributed by atoms with Gasteiger partial charge in [0.25, 0.3) is 0 Å². The number of aliphatic hydroxyl groups is 1. The first-order valence-electron chi connectivity index (χ1n) is 10.4. The normalized spacial score (nSPS) is 19.7. The number of aliphatic hydroxyl groups excluding tert-OH is 1. The summed E-state index contributed by atoms with van der Waals surface area (Å²) in [6, 6.07) is 18.2. The Morgan fingerprint density at radius 3 is 2.29 bits per heavy atom. The van der Waals surface area contributed by atoms with E-state index in [1.54, 1.807) is 51.1 Å². The van der Waals surface area contributed by atoms with Gasteiger partial charge in [0.15, 0.2) is 6.10 Å². The lowest BCUT2D eigenvalue weighted by atomic mass is 10.1. The van der Waals surface area contributed by atoms with E-state index in [0.717, 1.165) is 5.56 Å². The molecule has 0 aromatic heterocycles. The molecule has 2 aromatic carbocycles. The predicted octanol–water partition coefficient (Wildman–Crippen LogP) is 3.04. The molecule has 0 bridgehead atoms. The van der Waals surface area contributed by atoms with Crippen molar-refractivity contribution in [2.45, 2.75) is 51.2 Å². The van der Waals surface area contributed by atoms with Crippen LogP contribution in [-0.2, 0) is 20.8 Å². The van der Waals surface area contributed by atoms with Crippen molar-refractivity contribution in [1.82, 2.24) is 10.2 Å². The molecule has 1 amide bonds. The van der Waals surface area contributed by atoms with Gasteiger partial charge in [0.2, 0.25) is 0 Å². The molecular weight excluding hydrogens is 396 g/mol. The third kappa shape index (κ3) is 6.54. The van der Waals surface area contributed by atoms with Gasteiger partial charge in [0.1, 0.15) is 11.7 Å². The molecule has 0 radical (unpaired) electrons. The number of benzene rings is 2. The van der Waals surface area contributed by atoms with Gasteiger partial charge in [-0.1, -0.05) is 60.7 Å². The maximum Gasteiger partial charge on any atom is 0.410 e. The van der Waals surface area contributed by atoms with Gasteiger partial charge in [-0.3, -0.25) is 0 Å². The Bertz CT molecular complexity index is 867. The Balaban J connectivity index is 1.68. The number of carbonyl (C=O) groups is 2. The Morgan fingerprint density at radius 2 is 1.68 bits per heavy atom. The van der Waals surface area contributed by atoms with Gasteiger partial charge in [0.05, 0.1) is 12.6 Å². The number of rotatable bonds is 6. The van der Waals surface area contributed by atoms with E-state index in [1.807, 2.05) is 30.3 Å². The third-order valence-electron chi connectivity index (χ3n) is 4.94. The monoisotopic (exact) mass is 426 g/mol. The lowest BCUT2D eigenvalue weighted by Crippen LogP contribution is -2.42. The van der Waals surface area contributed by atoms with Crippen molar-refractivity contribution in [2.24, 2.45) is 0 Å². The SMILES string of the molecule is CC(C)(C)OC(=O)N1CC(NCc2ccccc2)C(OC(=O)C(O)c2ccccc2)C1. The summed E-state index contributed by atoms with van der Waals surface area (Å²) >= 11 is 0. The van der Waals surface area contributed by atoms with Crippen molar-refractivity contribution in [3.63, 3.8) is 0 Å². The zero-order chi connectivity index (χ0) is 22.4. The van der Waals surface area contributed by atoms with E-state index in [9.17, 15) is 14.7 Å². The lowest BCUT2D eigenvalue weighted by molar-refractivity contribution is -0.159. The van der Waals surface area contributed by atoms with Crippen LogP contribution in [0.15, 0.2) is 60.7 Å². The Morgan fingerprint density at radius 1 is 1.06 bits per heavy atom. The molecule has 1 aliphatic heterocycles. The van der Waals surface area contributed by atoms with Gasteiger partial charge >= 0.3 is 12.1 Å². The Kier molecular flexibility index (Phi) is 7.30. The molecule has 1 heterocycles. The maximum atomic E-state index is 12.6. The second-order valence-corrected chi connectivity index (χ2v) is 8.65. The summed E-state index contributed by atoms with van der Waals surface area (Å²) in [5, 5.41) is 13.7. The summed E-state index contributed by atoms with van der Waals surface area (Å²) in [5.74, 6) is -0.742. The minimum absolute atomic E-state index is 0.189. The van der Waals surface area contributed by atoms with E-state index in [2.05, 4.69) is 5.32 Å². The number of hydrogen-bond acceptors (Lipinski definition) is 6. The number of amides is 1. The molecule has 1 saturated heterocycles. The summed E-state index contributed by atoms with van der Waals surface area (Å²) in [6.07, 6.45) is -2.45. The highest BCUT2D eigenvalue weighted by Gasteiger charge is 2.40. The molecule has 166 valence electrons. The fraction of sp³-hybridized carbons (Fsp3) is 0.417. The van der Waals surface area contributed by atoms with Crippen LogP contribution in [0.1, 0.15) is 38.0 Å². The zero-order valence-corrected chi connectivity index (χ0v) is 18.2. The molecule has 3 rings (SSSR count). The standard InChI is InChI=1S/C24H30N2O5/c1-24(2,3)31-23(29)26-15-19(25-14-17-10-6-4-7-11-17)20(16-26)30-22(28)21(27)18-12-8-5-9-13-18/h4-13,19-21,25,27H,14-16H2,1-3H3. The van der Waals surface area contributed by atoms with Crippen LogP contribution in [0.25, 0.3) is 0 Å². The van der Waals surface area contributed by atoms with Crippen LogP contribution >= 0.6 is 0 Å². The molecule has 1 aliphatic rings. The molecule has 0 saturated carbocycles. The summed E-state index contributed by atoms with van der Waals surface area (Å²) in [6.45, 7) is 6.50. The number of carbonyl (C=O) groups excluding carboxylic acids is 2. The van der Waals surface area contributed by atoms with E-state index in [4.69, 9.17) is 9.47 Å². The van der Waals surface area contributed by atoms with Crippen LogP contribution in [0, 0.1) is 0 Å². The minimum Gasteiger partial charge on any atom is -0.457 e. The largest absolute Gasteiger partial charge is 0.457 e. The first kappa shape index (κ1) is 22.8. The molecule has 1 fully saturated rings. The smallest absolute Gasteiger partial charge is 0.410 e. The van der Waals surface area contributed by atoms with Gasteiger partial charge < -0.3 is 24.8 Å². The van der Waals surface area contributed by atoms with E-state index in [-0.39, 0.29) is 12.6 Å². The highest BCUT2D eigenvalue weighted by molar-refractivity contribution is 5.76. The summed E-state index contributed by atoms with van der Waals surface area (Å²) in [4.78, 5) is 26.7. The van der Waals surface area contributed by atoms with E-state index < -0.39 is 29.9 Å². The quantitative estimate of drug-likeness (QED) is 0.691. The number of esters is 1. The molecule has 2 N–H and O–H groups in total. The number of ether oxygens (including phenoxy) is 2. The Hall–Kier alpha value is -2.90. The van der Waals surface area contributed by atoms with Gasteiger partial charge in [-0.05, 0) is 31.9 Å². The van der Waals surface area contributed by atoms with Crippen molar-refractivity contribution >= 4 is 12.1 Å². The maximum absolute atomic E-state index is 12.6. The third-order valence-corrected chi connectivity index (χ3v) is 4.94. The first-order chi connectivity index (χ1) is 14.7. The minimum atomic E-state index is -1.38. The van der Waals surface area contributed by atoms with E-state index >= 15 is 0 Å². The fourth-order valence-electron chi connectivity index (χ4n) is 3.39. The molecule has 0 spiro atoms. The van der Waals surface area contributed by atoms with E-state index in [0.29, 0.717) is 18.7 Å². The number of nitrogens with one attached hydrogen (secondary N) is 1. The molecule has 7 nitrogen and oxygen atoms in total. The second-order valence-electron chi connectivity index (χ2n) is 8.65. The van der Waals surface area contributed by atoms with Crippen molar-refractivity contribution in [2.75, 3.05) is 13.1 Å². The van der Waals surface area contributed by atoms with Gasteiger partial charge in [-0.2, -0.15) is 0 Å². The van der Waals surface area contributed by atoms with Crippen LogP contribution in [0.2, 0.25) is 0 Å². The lowest BCUT2D eigenvalue weighted by Gasteiger charge is -2.24. The van der Waals surface area contributed by atoms with E-state index in [1.165, 1.54) is 4.90 Å². The van der Waals surface area contributed by atoms with Gasteiger partial charge in [0, 0.05) is 13.1 Å². The summed E-state index contributed by atoms with van der Waals surface area (Å²) in [7, 11) is 0. The molecule has 0 aliphatic carbocycles.